The quantitative estimate of drug-likeness (QED) is 0.715. The number of rotatable bonds is 2. The van der Waals surface area contributed by atoms with E-state index in [0.717, 1.165) is 22.2 Å². The van der Waals surface area contributed by atoms with E-state index in [9.17, 15) is 9.59 Å². The zero-order valence-electron chi connectivity index (χ0n) is 17.1. The number of benzene rings is 1. The Kier molecular flexibility index (Phi) is 3.81. The SMILES string of the molecule is COc1cc2c3c4n(c2cc1OC)C(=O)C[C@@H]1OCC=C2CN(CC3)C(=O)C[C@@H]2[C@H]41. The zero-order chi connectivity index (χ0) is 20.6. The van der Waals surface area contributed by atoms with Gasteiger partial charge in [-0.1, -0.05) is 6.08 Å². The third-order valence-corrected chi connectivity index (χ3v) is 7.28. The lowest BCUT2D eigenvalue weighted by atomic mass is 9.74. The van der Waals surface area contributed by atoms with Crippen molar-refractivity contribution < 1.29 is 23.8 Å². The number of nitrogens with zero attached hydrogens (tertiary/aromatic N) is 2. The van der Waals surface area contributed by atoms with Gasteiger partial charge in [0.05, 0.1) is 38.9 Å². The van der Waals surface area contributed by atoms with Crippen molar-refractivity contribution in [2.75, 3.05) is 33.9 Å². The number of methoxy groups -OCH3 is 2. The molecule has 0 radical (unpaired) electrons. The molecule has 5 aliphatic rings. The average Bonchev–Trinajstić information content (AvgIpc) is 3.00. The van der Waals surface area contributed by atoms with Gasteiger partial charge >= 0.3 is 0 Å². The molecular weight excluding hydrogens is 384 g/mol. The lowest BCUT2D eigenvalue weighted by Crippen LogP contribution is -2.44. The minimum Gasteiger partial charge on any atom is -0.493 e. The van der Waals surface area contributed by atoms with E-state index in [4.69, 9.17) is 14.2 Å². The summed E-state index contributed by atoms with van der Waals surface area (Å²) in [5.74, 6) is 1.58. The summed E-state index contributed by atoms with van der Waals surface area (Å²) >= 11 is 0. The van der Waals surface area contributed by atoms with Gasteiger partial charge in [-0.3, -0.25) is 14.2 Å². The van der Waals surface area contributed by atoms with Gasteiger partial charge in [0.15, 0.2) is 11.5 Å². The molecule has 7 rings (SSSR count). The molecule has 1 aromatic heterocycles. The maximum absolute atomic E-state index is 13.3. The molecule has 1 aromatic carbocycles. The Hall–Kier alpha value is -2.80. The molecule has 1 saturated heterocycles. The summed E-state index contributed by atoms with van der Waals surface area (Å²) in [6.45, 7) is 1.82. The number of fused-ring (bicyclic) bond motifs is 4. The minimum atomic E-state index is -0.201. The van der Waals surface area contributed by atoms with Crippen LogP contribution in [0.4, 0.5) is 0 Å². The summed E-state index contributed by atoms with van der Waals surface area (Å²) in [6, 6.07) is 3.88. The van der Waals surface area contributed by atoms with Crippen LogP contribution in [0.1, 0.15) is 34.8 Å². The summed E-state index contributed by atoms with van der Waals surface area (Å²) in [7, 11) is 3.23. The predicted octanol–water partition coefficient (Wildman–Crippen LogP) is 2.52. The molecule has 30 heavy (non-hydrogen) atoms. The van der Waals surface area contributed by atoms with Gasteiger partial charge < -0.3 is 19.1 Å². The lowest BCUT2D eigenvalue weighted by Gasteiger charge is -2.40. The van der Waals surface area contributed by atoms with Gasteiger partial charge in [-0.2, -0.15) is 0 Å². The third-order valence-electron chi connectivity index (χ3n) is 7.28. The molecule has 0 unspecified atom stereocenters. The van der Waals surface area contributed by atoms with Crippen LogP contribution in [0.2, 0.25) is 0 Å². The first-order valence-corrected chi connectivity index (χ1v) is 10.5. The number of piperidine rings is 1. The van der Waals surface area contributed by atoms with Crippen molar-refractivity contribution in [3.63, 3.8) is 0 Å². The van der Waals surface area contributed by atoms with Gasteiger partial charge in [-0.15, -0.1) is 0 Å². The van der Waals surface area contributed by atoms with E-state index >= 15 is 0 Å². The van der Waals surface area contributed by atoms with Crippen molar-refractivity contribution in [2.45, 2.75) is 31.3 Å². The molecule has 0 spiro atoms. The fourth-order valence-electron chi connectivity index (χ4n) is 5.93. The first kappa shape index (κ1) is 18.0. The number of ether oxygens (including phenoxy) is 3. The van der Waals surface area contributed by atoms with E-state index in [1.165, 1.54) is 5.57 Å². The second-order valence-corrected chi connectivity index (χ2v) is 8.57. The van der Waals surface area contributed by atoms with E-state index in [1.807, 2.05) is 21.6 Å². The smallest absolute Gasteiger partial charge is 0.233 e. The van der Waals surface area contributed by atoms with Crippen LogP contribution in [0.25, 0.3) is 10.9 Å². The summed E-state index contributed by atoms with van der Waals surface area (Å²) in [5.41, 5.74) is 4.28. The average molecular weight is 408 g/mol. The van der Waals surface area contributed by atoms with Crippen LogP contribution >= 0.6 is 0 Å². The van der Waals surface area contributed by atoms with Gasteiger partial charge in [-0.05, 0) is 23.6 Å². The number of carbonyl (C=O) groups excluding carboxylic acids is 2. The van der Waals surface area contributed by atoms with Crippen molar-refractivity contribution in [3.8, 4) is 11.5 Å². The maximum Gasteiger partial charge on any atom is 0.233 e. The topological polar surface area (TPSA) is 70.0 Å². The summed E-state index contributed by atoms with van der Waals surface area (Å²) in [5, 5.41) is 1.00. The lowest BCUT2D eigenvalue weighted by molar-refractivity contribution is -0.133. The second-order valence-electron chi connectivity index (χ2n) is 8.57. The van der Waals surface area contributed by atoms with E-state index in [2.05, 4.69) is 6.08 Å². The first-order chi connectivity index (χ1) is 14.6. The van der Waals surface area contributed by atoms with Crippen molar-refractivity contribution in [1.29, 1.82) is 0 Å². The molecule has 2 aromatic rings. The first-order valence-electron chi connectivity index (χ1n) is 10.5. The Morgan fingerprint density at radius 1 is 1.07 bits per heavy atom. The van der Waals surface area contributed by atoms with E-state index < -0.39 is 0 Å². The van der Waals surface area contributed by atoms with Crippen molar-refractivity contribution in [3.05, 3.63) is 35.0 Å². The highest BCUT2D eigenvalue weighted by Crippen LogP contribution is 2.50. The van der Waals surface area contributed by atoms with Crippen molar-refractivity contribution in [2.24, 2.45) is 5.92 Å². The van der Waals surface area contributed by atoms with Gasteiger partial charge in [0.1, 0.15) is 0 Å². The molecule has 1 amide bonds. The van der Waals surface area contributed by atoms with Crippen LogP contribution in [-0.4, -0.2) is 61.3 Å². The van der Waals surface area contributed by atoms with Gasteiger partial charge in [0.25, 0.3) is 0 Å². The Labute approximate surface area is 174 Å². The summed E-state index contributed by atoms with van der Waals surface area (Å²) in [4.78, 5) is 28.1. The fraction of sp³-hybridized carbons (Fsp3) is 0.478. The number of hydrogen-bond donors (Lipinski definition) is 0. The Balaban J connectivity index is 1.69. The third kappa shape index (κ3) is 2.29. The molecule has 0 N–H and O–H groups in total. The fourth-order valence-corrected chi connectivity index (χ4v) is 5.93. The Bertz CT molecular complexity index is 1130. The van der Waals surface area contributed by atoms with Crippen molar-refractivity contribution in [1.82, 2.24) is 9.47 Å². The normalized spacial score (nSPS) is 27.3. The molecule has 6 heterocycles. The van der Waals surface area contributed by atoms with Crippen molar-refractivity contribution >= 4 is 22.7 Å². The number of hydrogen-bond acceptors (Lipinski definition) is 5. The highest BCUT2D eigenvalue weighted by atomic mass is 16.5. The zero-order valence-corrected chi connectivity index (χ0v) is 17.1. The Morgan fingerprint density at radius 2 is 1.87 bits per heavy atom. The molecule has 4 bridgehead atoms. The van der Waals surface area contributed by atoms with E-state index in [-0.39, 0.29) is 29.8 Å². The highest BCUT2D eigenvalue weighted by molar-refractivity contribution is 5.99. The molecule has 0 aliphatic carbocycles. The Morgan fingerprint density at radius 3 is 2.67 bits per heavy atom. The van der Waals surface area contributed by atoms with Gasteiger partial charge in [0.2, 0.25) is 11.8 Å². The maximum atomic E-state index is 13.3. The summed E-state index contributed by atoms with van der Waals surface area (Å²) < 4.78 is 19.1. The standard InChI is InChI=1S/C23H24N2O5/c1-28-17-7-15-13-3-5-24-11-12-4-6-30-19-10-21(27)25(16(15)9-18(17)29-2)23(13)22(19)14(12)8-20(24)26/h4,7,9,14,19,22H,3,5-6,8,10-11H2,1-2H3/t14-,19-,22-/m0/s1. The number of aromatic nitrogens is 1. The molecule has 156 valence electrons. The van der Waals surface area contributed by atoms with E-state index in [0.29, 0.717) is 50.5 Å². The van der Waals surface area contributed by atoms with Gasteiger partial charge in [0, 0.05) is 48.5 Å². The van der Waals surface area contributed by atoms with Crippen LogP contribution in [-0.2, 0) is 16.0 Å². The molecule has 3 atom stereocenters. The van der Waals surface area contributed by atoms with Crippen LogP contribution in [0.5, 0.6) is 11.5 Å². The molecule has 0 saturated carbocycles. The van der Waals surface area contributed by atoms with Gasteiger partial charge in [-0.25, -0.2) is 0 Å². The van der Waals surface area contributed by atoms with E-state index in [1.54, 1.807) is 14.2 Å². The predicted molar refractivity (Wildman–Crippen MR) is 109 cm³/mol. The summed E-state index contributed by atoms with van der Waals surface area (Å²) in [6.07, 6.45) is 3.45. The molecule has 5 aliphatic heterocycles. The molecular formula is C23H24N2O5. The monoisotopic (exact) mass is 408 g/mol. The second kappa shape index (κ2) is 6.35. The largest absolute Gasteiger partial charge is 0.493 e. The van der Waals surface area contributed by atoms with Crippen LogP contribution in [0, 0.1) is 5.92 Å². The number of carbonyl (C=O) groups is 2. The molecule has 7 heteroatoms. The van der Waals surface area contributed by atoms with Crippen LogP contribution < -0.4 is 9.47 Å². The molecule has 1 fully saturated rings. The highest BCUT2D eigenvalue weighted by Gasteiger charge is 2.48. The van der Waals surface area contributed by atoms with Crippen LogP contribution in [0.15, 0.2) is 23.8 Å². The molecule has 7 nitrogen and oxygen atoms in total. The minimum absolute atomic E-state index is 0.0000368. The number of amides is 1. The van der Waals surface area contributed by atoms with Crippen LogP contribution in [0.3, 0.4) is 0 Å².